The van der Waals surface area contributed by atoms with Crippen LogP contribution in [0.15, 0.2) is 36.5 Å². The van der Waals surface area contributed by atoms with Gasteiger partial charge in [-0.15, -0.1) is 0 Å². The van der Waals surface area contributed by atoms with E-state index < -0.39 is 0 Å². The largest absolute Gasteiger partial charge is 0.329 e. The zero-order chi connectivity index (χ0) is 12.4. The van der Waals surface area contributed by atoms with Gasteiger partial charge in [-0.1, -0.05) is 12.1 Å². The lowest BCUT2D eigenvalue weighted by Crippen LogP contribution is -2.30. The summed E-state index contributed by atoms with van der Waals surface area (Å²) in [7, 11) is 0. The summed E-state index contributed by atoms with van der Waals surface area (Å²) in [5.41, 5.74) is 8.11. The fourth-order valence-electron chi connectivity index (χ4n) is 2.45. The number of pyridine rings is 1. The lowest BCUT2D eigenvalue weighted by Gasteiger charge is -2.21. The van der Waals surface area contributed by atoms with Crippen molar-refractivity contribution in [3.8, 4) is 0 Å². The molecule has 1 aromatic heterocycles. The predicted octanol–water partition coefficient (Wildman–Crippen LogP) is 2.16. The summed E-state index contributed by atoms with van der Waals surface area (Å²) in [5, 5.41) is 1.22. The number of benzene rings is 1. The molecule has 3 heteroatoms. The maximum Gasteiger partial charge on any atom is 0.0702 e. The van der Waals surface area contributed by atoms with Gasteiger partial charge >= 0.3 is 0 Å². The van der Waals surface area contributed by atoms with Crippen LogP contribution in [0.25, 0.3) is 10.9 Å². The minimum atomic E-state index is 0.742. The molecule has 0 bridgehead atoms. The van der Waals surface area contributed by atoms with Gasteiger partial charge in [0.25, 0.3) is 0 Å². The van der Waals surface area contributed by atoms with E-state index >= 15 is 0 Å². The van der Waals surface area contributed by atoms with E-state index in [2.05, 4.69) is 34.1 Å². The van der Waals surface area contributed by atoms with Crippen molar-refractivity contribution in [2.24, 2.45) is 5.73 Å². The first-order valence-electron chi connectivity index (χ1n) is 6.64. The van der Waals surface area contributed by atoms with Gasteiger partial charge in [0.15, 0.2) is 0 Å². The van der Waals surface area contributed by atoms with Gasteiger partial charge in [-0.2, -0.15) is 0 Å². The molecule has 3 rings (SSSR count). The monoisotopic (exact) mass is 241 g/mol. The van der Waals surface area contributed by atoms with E-state index in [1.165, 1.54) is 23.8 Å². The zero-order valence-corrected chi connectivity index (χ0v) is 10.5. The van der Waals surface area contributed by atoms with Crippen molar-refractivity contribution >= 4 is 10.9 Å². The van der Waals surface area contributed by atoms with Crippen LogP contribution in [0.2, 0.25) is 0 Å². The van der Waals surface area contributed by atoms with E-state index in [0.717, 1.165) is 31.2 Å². The topological polar surface area (TPSA) is 42.1 Å². The van der Waals surface area contributed by atoms with E-state index in [-0.39, 0.29) is 0 Å². The molecule has 18 heavy (non-hydrogen) atoms. The second kappa shape index (κ2) is 5.04. The maximum absolute atomic E-state index is 5.69. The first-order valence-corrected chi connectivity index (χ1v) is 6.64. The molecule has 0 amide bonds. The van der Waals surface area contributed by atoms with E-state index in [4.69, 9.17) is 5.73 Å². The average molecular weight is 241 g/mol. The van der Waals surface area contributed by atoms with E-state index in [0.29, 0.717) is 0 Å². The lowest BCUT2D eigenvalue weighted by atomic mass is 10.1. The number of hydrogen-bond acceptors (Lipinski definition) is 3. The first-order chi connectivity index (χ1) is 8.86. The summed E-state index contributed by atoms with van der Waals surface area (Å²) >= 11 is 0. The molecule has 0 unspecified atom stereocenters. The molecule has 3 nitrogen and oxygen atoms in total. The Labute approximate surface area is 108 Å². The Morgan fingerprint density at radius 2 is 2.17 bits per heavy atom. The summed E-state index contributed by atoms with van der Waals surface area (Å²) in [5.74, 6) is 0. The van der Waals surface area contributed by atoms with Gasteiger partial charge in [0, 0.05) is 37.3 Å². The fraction of sp³-hybridized carbons (Fsp3) is 0.400. The van der Waals surface area contributed by atoms with Crippen LogP contribution in [0, 0.1) is 0 Å². The average Bonchev–Trinajstić information content (AvgIpc) is 3.22. The quantitative estimate of drug-likeness (QED) is 0.872. The van der Waals surface area contributed by atoms with Crippen molar-refractivity contribution in [3.05, 3.63) is 42.1 Å². The molecule has 1 fully saturated rings. The Bertz CT molecular complexity index is 534. The zero-order valence-electron chi connectivity index (χ0n) is 10.5. The molecule has 1 aromatic carbocycles. The molecule has 94 valence electrons. The van der Waals surface area contributed by atoms with Gasteiger partial charge in [0.1, 0.15) is 0 Å². The second-order valence-corrected chi connectivity index (χ2v) is 5.02. The smallest absolute Gasteiger partial charge is 0.0702 e. The molecule has 0 spiro atoms. The van der Waals surface area contributed by atoms with E-state index in [9.17, 15) is 0 Å². The van der Waals surface area contributed by atoms with Gasteiger partial charge in [-0.3, -0.25) is 9.88 Å². The third-order valence-corrected chi connectivity index (χ3v) is 3.53. The van der Waals surface area contributed by atoms with Crippen molar-refractivity contribution in [3.63, 3.8) is 0 Å². The molecule has 1 aliphatic rings. The van der Waals surface area contributed by atoms with Crippen molar-refractivity contribution in [2.75, 3.05) is 13.1 Å². The molecule has 2 aromatic rings. The molecule has 1 heterocycles. The standard InChI is InChI=1S/C15H19N3/c16-7-9-18(14-4-5-14)11-12-3-6-15-13(10-12)2-1-8-17-15/h1-3,6,8,10,14H,4-5,7,9,11,16H2. The summed E-state index contributed by atoms with van der Waals surface area (Å²) in [6.45, 7) is 2.74. The number of nitrogens with two attached hydrogens (primary N) is 1. The number of rotatable bonds is 5. The highest BCUT2D eigenvalue weighted by Gasteiger charge is 2.28. The van der Waals surface area contributed by atoms with Gasteiger partial charge < -0.3 is 5.73 Å². The molecular weight excluding hydrogens is 222 g/mol. The van der Waals surface area contributed by atoms with Crippen molar-refractivity contribution < 1.29 is 0 Å². The molecule has 2 N–H and O–H groups in total. The minimum Gasteiger partial charge on any atom is -0.329 e. The third kappa shape index (κ3) is 2.52. The van der Waals surface area contributed by atoms with Gasteiger partial charge in [-0.05, 0) is 36.6 Å². The highest BCUT2D eigenvalue weighted by Crippen LogP contribution is 2.28. The van der Waals surface area contributed by atoms with Gasteiger partial charge in [-0.25, -0.2) is 0 Å². The molecule has 0 aliphatic heterocycles. The van der Waals surface area contributed by atoms with E-state index in [1.807, 2.05) is 12.3 Å². The SMILES string of the molecule is NCCN(Cc1ccc2ncccc2c1)C1CC1. The molecule has 0 radical (unpaired) electrons. The summed E-state index contributed by atoms with van der Waals surface area (Å²) in [6, 6.07) is 11.4. The Kier molecular flexibility index (Phi) is 3.26. The molecule has 0 saturated heterocycles. The summed E-state index contributed by atoms with van der Waals surface area (Å²) in [6.07, 6.45) is 4.50. The van der Waals surface area contributed by atoms with Crippen LogP contribution in [0.4, 0.5) is 0 Å². The van der Waals surface area contributed by atoms with Crippen molar-refractivity contribution in [1.82, 2.24) is 9.88 Å². The van der Waals surface area contributed by atoms with Gasteiger partial charge in [0.05, 0.1) is 5.52 Å². The van der Waals surface area contributed by atoms with Crippen molar-refractivity contribution in [2.45, 2.75) is 25.4 Å². The number of aromatic nitrogens is 1. The Hall–Kier alpha value is -1.45. The van der Waals surface area contributed by atoms with Crippen molar-refractivity contribution in [1.29, 1.82) is 0 Å². The highest BCUT2D eigenvalue weighted by molar-refractivity contribution is 5.78. The van der Waals surface area contributed by atoms with Crippen LogP contribution < -0.4 is 5.73 Å². The van der Waals surface area contributed by atoms with Crippen LogP contribution in [0.5, 0.6) is 0 Å². The first kappa shape index (κ1) is 11.6. The Morgan fingerprint density at radius 3 is 2.94 bits per heavy atom. The van der Waals surface area contributed by atoms with Crippen LogP contribution in [0.3, 0.4) is 0 Å². The molecule has 0 atom stereocenters. The maximum atomic E-state index is 5.69. The number of hydrogen-bond donors (Lipinski definition) is 1. The van der Waals surface area contributed by atoms with Crippen LogP contribution in [-0.4, -0.2) is 29.0 Å². The Morgan fingerprint density at radius 1 is 1.28 bits per heavy atom. The summed E-state index contributed by atoms with van der Waals surface area (Å²) in [4.78, 5) is 6.85. The van der Waals surface area contributed by atoms with Crippen LogP contribution in [0.1, 0.15) is 18.4 Å². The van der Waals surface area contributed by atoms with Crippen LogP contribution >= 0.6 is 0 Å². The van der Waals surface area contributed by atoms with Crippen LogP contribution in [-0.2, 0) is 6.54 Å². The second-order valence-electron chi connectivity index (χ2n) is 5.02. The number of fused-ring (bicyclic) bond motifs is 1. The predicted molar refractivity (Wildman–Crippen MR) is 74.2 cm³/mol. The number of nitrogens with zero attached hydrogens (tertiary/aromatic N) is 2. The summed E-state index contributed by atoms with van der Waals surface area (Å²) < 4.78 is 0. The molecule has 1 aliphatic carbocycles. The van der Waals surface area contributed by atoms with E-state index in [1.54, 1.807) is 0 Å². The highest BCUT2D eigenvalue weighted by atomic mass is 15.2. The Balaban J connectivity index is 1.80. The molecule has 1 saturated carbocycles. The minimum absolute atomic E-state index is 0.742. The van der Waals surface area contributed by atoms with Gasteiger partial charge in [0.2, 0.25) is 0 Å². The normalized spacial score (nSPS) is 15.4. The lowest BCUT2D eigenvalue weighted by molar-refractivity contribution is 0.262. The molecular formula is C15H19N3. The fourth-order valence-corrected chi connectivity index (χ4v) is 2.45. The third-order valence-electron chi connectivity index (χ3n) is 3.53.